The molecule has 1 aliphatic heterocycles. The molecule has 26 heavy (non-hydrogen) atoms. The van der Waals surface area contributed by atoms with Gasteiger partial charge in [-0.15, -0.1) is 0 Å². The van der Waals surface area contributed by atoms with Crippen LogP contribution in [0.2, 0.25) is 0 Å². The van der Waals surface area contributed by atoms with Crippen LogP contribution >= 0.6 is 11.8 Å². The van der Waals surface area contributed by atoms with Gasteiger partial charge >= 0.3 is 5.24 Å². The zero-order valence-electron chi connectivity index (χ0n) is 14.1. The summed E-state index contributed by atoms with van der Waals surface area (Å²) in [7, 11) is 0. The number of anilines is 1. The number of amides is 2. The highest BCUT2D eigenvalue weighted by Crippen LogP contribution is 2.30. The minimum atomic E-state index is -0.343. The van der Waals surface area contributed by atoms with Crippen LogP contribution in [-0.4, -0.2) is 23.6 Å². The van der Waals surface area contributed by atoms with Crippen molar-refractivity contribution in [2.45, 2.75) is 6.92 Å². The first-order valence-electron chi connectivity index (χ1n) is 7.87. The van der Waals surface area contributed by atoms with Crippen molar-refractivity contribution in [2.24, 2.45) is 10.7 Å². The van der Waals surface area contributed by atoms with Crippen molar-refractivity contribution < 1.29 is 14.3 Å². The largest absolute Gasteiger partial charge is 0.483 e. The molecule has 0 spiro atoms. The third-order valence-corrected chi connectivity index (χ3v) is 4.34. The first-order valence-corrected chi connectivity index (χ1v) is 8.69. The topological polar surface area (TPSA) is 93.8 Å². The Morgan fingerprint density at radius 1 is 1.27 bits per heavy atom. The SMILES string of the molecule is Cc1cccc(NC(=O)COc2ccccc2/C=C2\SC(=O)N=C2N)c1. The molecule has 0 radical (unpaired) electrons. The number of para-hydroxylation sites is 1. The summed E-state index contributed by atoms with van der Waals surface area (Å²) in [5.74, 6) is 0.448. The second kappa shape index (κ2) is 7.88. The maximum absolute atomic E-state index is 12.1. The Hall–Kier alpha value is -3.06. The number of aliphatic imine (C=N–C) groups is 1. The quantitative estimate of drug-likeness (QED) is 0.842. The summed E-state index contributed by atoms with van der Waals surface area (Å²) >= 11 is 0.963. The molecule has 1 aliphatic rings. The van der Waals surface area contributed by atoms with Crippen molar-refractivity contribution >= 4 is 40.5 Å². The van der Waals surface area contributed by atoms with Gasteiger partial charge in [0.15, 0.2) is 6.61 Å². The number of aryl methyl sites for hydroxylation is 1. The summed E-state index contributed by atoms with van der Waals surface area (Å²) in [6.07, 6.45) is 1.72. The molecule has 0 aliphatic carbocycles. The predicted molar refractivity (Wildman–Crippen MR) is 104 cm³/mol. The summed E-state index contributed by atoms with van der Waals surface area (Å²) in [6, 6.07) is 14.7. The fraction of sp³-hybridized carbons (Fsp3) is 0.105. The zero-order chi connectivity index (χ0) is 18.5. The van der Waals surface area contributed by atoms with Gasteiger partial charge in [-0.3, -0.25) is 9.59 Å². The molecule has 0 saturated carbocycles. The van der Waals surface area contributed by atoms with Gasteiger partial charge in [-0.25, -0.2) is 0 Å². The zero-order valence-corrected chi connectivity index (χ0v) is 14.9. The Labute approximate surface area is 155 Å². The summed E-state index contributed by atoms with van der Waals surface area (Å²) < 4.78 is 5.64. The smallest absolute Gasteiger partial charge is 0.311 e. The van der Waals surface area contributed by atoms with Crippen LogP contribution in [0.4, 0.5) is 10.5 Å². The van der Waals surface area contributed by atoms with E-state index >= 15 is 0 Å². The fourth-order valence-corrected chi connectivity index (χ4v) is 3.03. The van der Waals surface area contributed by atoms with Crippen molar-refractivity contribution in [3.8, 4) is 5.75 Å². The molecule has 132 valence electrons. The molecular weight excluding hydrogens is 350 g/mol. The second-order valence-corrected chi connectivity index (χ2v) is 6.61. The highest BCUT2D eigenvalue weighted by Gasteiger charge is 2.19. The maximum Gasteiger partial charge on any atom is 0.311 e. The highest BCUT2D eigenvalue weighted by atomic mass is 32.2. The van der Waals surface area contributed by atoms with Gasteiger partial charge in [0.2, 0.25) is 0 Å². The van der Waals surface area contributed by atoms with E-state index < -0.39 is 0 Å². The number of thioether (sulfide) groups is 1. The first-order chi connectivity index (χ1) is 12.5. The highest BCUT2D eigenvalue weighted by molar-refractivity contribution is 8.18. The van der Waals surface area contributed by atoms with E-state index in [1.54, 1.807) is 18.2 Å². The van der Waals surface area contributed by atoms with E-state index in [4.69, 9.17) is 10.5 Å². The first kappa shape index (κ1) is 17.8. The second-order valence-electron chi connectivity index (χ2n) is 5.62. The van der Waals surface area contributed by atoms with Crippen LogP contribution in [0.25, 0.3) is 6.08 Å². The molecule has 7 heteroatoms. The van der Waals surface area contributed by atoms with Crippen LogP contribution in [-0.2, 0) is 4.79 Å². The molecule has 3 N–H and O–H groups in total. The molecule has 2 amide bonds. The van der Waals surface area contributed by atoms with E-state index in [2.05, 4.69) is 10.3 Å². The van der Waals surface area contributed by atoms with Crippen molar-refractivity contribution in [1.82, 2.24) is 0 Å². The number of benzene rings is 2. The Bertz CT molecular complexity index is 922. The van der Waals surface area contributed by atoms with Gasteiger partial charge in [-0.2, -0.15) is 4.99 Å². The number of carbonyl (C=O) groups excluding carboxylic acids is 2. The lowest BCUT2D eigenvalue weighted by Gasteiger charge is -2.10. The van der Waals surface area contributed by atoms with Gasteiger partial charge in [0.25, 0.3) is 5.91 Å². The molecule has 3 rings (SSSR count). The van der Waals surface area contributed by atoms with Crippen molar-refractivity contribution in [3.63, 3.8) is 0 Å². The number of rotatable bonds is 5. The molecule has 0 bridgehead atoms. The van der Waals surface area contributed by atoms with Crippen LogP contribution in [0.3, 0.4) is 0 Å². The normalized spacial score (nSPS) is 15.0. The molecule has 0 saturated heterocycles. The number of ether oxygens (including phenoxy) is 1. The number of hydrogen-bond acceptors (Lipinski definition) is 5. The van der Waals surface area contributed by atoms with Gasteiger partial charge in [0, 0.05) is 11.3 Å². The molecule has 2 aromatic rings. The Morgan fingerprint density at radius 3 is 2.81 bits per heavy atom. The summed E-state index contributed by atoms with van der Waals surface area (Å²) in [5.41, 5.74) is 8.22. The standard InChI is InChI=1S/C19H17N3O3S/c1-12-5-4-7-14(9-12)21-17(23)11-25-15-8-3-2-6-13(15)10-16-18(20)22-19(24)26-16/h2-10H,11H2,1H3,(H,21,23)(H2,20,22,24)/b16-10-. The van der Waals surface area contributed by atoms with Crippen molar-refractivity contribution in [1.29, 1.82) is 0 Å². The molecule has 0 aromatic heterocycles. The lowest BCUT2D eigenvalue weighted by Crippen LogP contribution is -2.20. The number of nitrogens with zero attached hydrogens (tertiary/aromatic N) is 1. The lowest BCUT2D eigenvalue weighted by atomic mass is 10.2. The molecule has 0 fully saturated rings. The Morgan fingerprint density at radius 2 is 2.08 bits per heavy atom. The van der Waals surface area contributed by atoms with Gasteiger partial charge < -0.3 is 15.8 Å². The minimum absolute atomic E-state index is 0.135. The minimum Gasteiger partial charge on any atom is -0.483 e. The third kappa shape index (κ3) is 4.52. The molecule has 2 aromatic carbocycles. The average Bonchev–Trinajstić information content (AvgIpc) is 2.91. The summed E-state index contributed by atoms with van der Waals surface area (Å²) in [4.78, 5) is 27.7. The number of nitrogens with one attached hydrogen (secondary N) is 1. The molecule has 0 unspecified atom stereocenters. The Balaban J connectivity index is 1.67. The summed E-state index contributed by atoms with van der Waals surface area (Å²) in [5, 5.41) is 2.45. The molecule has 1 heterocycles. The van der Waals surface area contributed by atoms with Crippen molar-refractivity contribution in [3.05, 3.63) is 64.6 Å². The van der Waals surface area contributed by atoms with Crippen LogP contribution in [0.15, 0.2) is 58.4 Å². The van der Waals surface area contributed by atoms with Crippen LogP contribution in [0, 0.1) is 6.92 Å². The van der Waals surface area contributed by atoms with Crippen LogP contribution in [0.5, 0.6) is 5.75 Å². The van der Waals surface area contributed by atoms with E-state index in [0.29, 0.717) is 16.2 Å². The van der Waals surface area contributed by atoms with E-state index in [1.807, 2.05) is 43.3 Å². The number of amidine groups is 1. The fourth-order valence-electron chi connectivity index (χ4n) is 2.36. The van der Waals surface area contributed by atoms with Gasteiger partial charge in [0.05, 0.1) is 4.91 Å². The molecular formula is C19H17N3O3S. The van der Waals surface area contributed by atoms with E-state index in [9.17, 15) is 9.59 Å². The van der Waals surface area contributed by atoms with E-state index in [-0.39, 0.29) is 23.6 Å². The van der Waals surface area contributed by atoms with Gasteiger partial charge in [-0.05, 0) is 48.5 Å². The number of nitrogens with two attached hydrogens (primary N) is 1. The molecule has 6 nitrogen and oxygen atoms in total. The third-order valence-electron chi connectivity index (χ3n) is 3.53. The number of hydrogen-bond donors (Lipinski definition) is 2. The van der Waals surface area contributed by atoms with Crippen LogP contribution in [0.1, 0.15) is 11.1 Å². The van der Waals surface area contributed by atoms with Gasteiger partial charge in [0.1, 0.15) is 11.6 Å². The van der Waals surface area contributed by atoms with E-state index in [0.717, 1.165) is 23.0 Å². The summed E-state index contributed by atoms with van der Waals surface area (Å²) in [6.45, 7) is 1.82. The predicted octanol–water partition coefficient (Wildman–Crippen LogP) is 3.58. The molecule has 0 atom stereocenters. The average molecular weight is 367 g/mol. The monoisotopic (exact) mass is 367 g/mol. The number of carbonyl (C=O) groups is 2. The van der Waals surface area contributed by atoms with Gasteiger partial charge in [-0.1, -0.05) is 30.3 Å². The Kier molecular flexibility index (Phi) is 5.38. The van der Waals surface area contributed by atoms with E-state index in [1.165, 1.54) is 0 Å². The van der Waals surface area contributed by atoms with Crippen molar-refractivity contribution in [2.75, 3.05) is 11.9 Å². The maximum atomic E-state index is 12.1. The lowest BCUT2D eigenvalue weighted by molar-refractivity contribution is -0.118. The van der Waals surface area contributed by atoms with Crippen LogP contribution < -0.4 is 15.8 Å².